The van der Waals surface area contributed by atoms with E-state index in [0.29, 0.717) is 30.5 Å². The van der Waals surface area contributed by atoms with Crippen LogP contribution in [0.15, 0.2) is 64.8 Å². The minimum Gasteiger partial charge on any atom is -0.494 e. The molecule has 1 fully saturated rings. The van der Waals surface area contributed by atoms with Crippen molar-refractivity contribution in [3.63, 3.8) is 0 Å². The molecule has 1 aliphatic heterocycles. The van der Waals surface area contributed by atoms with Gasteiger partial charge in [0.05, 0.1) is 18.7 Å². The third-order valence-electron chi connectivity index (χ3n) is 7.84. The van der Waals surface area contributed by atoms with Crippen LogP contribution in [0.25, 0.3) is 21.0 Å². The smallest absolute Gasteiger partial charge is 0.494 e. The Morgan fingerprint density at radius 2 is 1.88 bits per heavy atom. The van der Waals surface area contributed by atoms with Gasteiger partial charge in [0.1, 0.15) is 5.75 Å². The molecule has 9 heteroatoms. The molecule has 1 aliphatic rings. The molecule has 0 bridgehead atoms. The predicted octanol–water partition coefficient (Wildman–Crippen LogP) is 6.71. The number of ether oxygens (including phenoxy) is 3. The zero-order valence-electron chi connectivity index (χ0n) is 24.4. The fourth-order valence-corrected chi connectivity index (χ4v) is 6.39. The first-order chi connectivity index (χ1) is 20.6. The monoisotopic (exact) mass is 591 g/mol. The number of carbonyl (C=O) groups excluding carboxylic acids is 1. The van der Waals surface area contributed by atoms with Gasteiger partial charge in [0.15, 0.2) is 6.73 Å². The van der Waals surface area contributed by atoms with Crippen molar-refractivity contribution in [2.24, 2.45) is 0 Å². The standard InChI is InChI=1S/C33H41N3O5S/c1-2-3-4-6-20-40-33(38)41-24-36-29-22-26(13-11-25(29)12-14-32(36)37)39-19-7-5-17-35-18-16-34-23-30(35)27-9-8-10-31-28(27)15-21-42-31/h8-15,21-22,30,34H,2-7,16-20,23-24H2,1H3. The van der Waals surface area contributed by atoms with E-state index < -0.39 is 6.16 Å². The number of unbranched alkanes of at least 4 members (excludes halogenated alkanes) is 4. The zero-order chi connectivity index (χ0) is 29.1. The highest BCUT2D eigenvalue weighted by Gasteiger charge is 2.24. The third-order valence-corrected chi connectivity index (χ3v) is 8.73. The molecule has 3 heterocycles. The highest BCUT2D eigenvalue weighted by molar-refractivity contribution is 7.17. The van der Waals surface area contributed by atoms with Gasteiger partial charge in [-0.1, -0.05) is 38.3 Å². The van der Waals surface area contributed by atoms with E-state index >= 15 is 0 Å². The molecule has 8 nitrogen and oxygen atoms in total. The van der Waals surface area contributed by atoms with Crippen LogP contribution in [0, 0.1) is 0 Å². The first-order valence-corrected chi connectivity index (χ1v) is 16.0. The normalized spacial score (nSPS) is 15.7. The second-order valence-corrected chi connectivity index (χ2v) is 11.7. The molecule has 42 heavy (non-hydrogen) atoms. The summed E-state index contributed by atoms with van der Waals surface area (Å²) in [5.74, 6) is 0.685. The SMILES string of the molecule is CCCCCCOC(=O)OCn1c(=O)ccc2ccc(OCCCCN3CCNCC3c3cccc4sccc34)cc21. The molecule has 0 spiro atoms. The number of benzene rings is 2. The Labute approximate surface area is 251 Å². The second kappa shape index (κ2) is 15.2. The molecular formula is C33H41N3O5S. The molecule has 0 saturated carbocycles. The van der Waals surface area contributed by atoms with Gasteiger partial charge in [-0.3, -0.25) is 14.3 Å². The van der Waals surface area contributed by atoms with Crippen molar-refractivity contribution in [3.05, 3.63) is 75.9 Å². The van der Waals surface area contributed by atoms with Crippen molar-refractivity contribution < 1.29 is 19.0 Å². The lowest BCUT2D eigenvalue weighted by Gasteiger charge is -2.37. The fraction of sp³-hybridized carbons (Fsp3) is 0.455. The van der Waals surface area contributed by atoms with E-state index in [2.05, 4.69) is 46.8 Å². The van der Waals surface area contributed by atoms with E-state index in [-0.39, 0.29) is 12.3 Å². The van der Waals surface area contributed by atoms with Crippen LogP contribution in [0.5, 0.6) is 5.75 Å². The number of pyridine rings is 1. The average Bonchev–Trinajstić information content (AvgIpc) is 3.50. The summed E-state index contributed by atoms with van der Waals surface area (Å²) in [5.41, 5.74) is 1.81. The average molecular weight is 592 g/mol. The summed E-state index contributed by atoms with van der Waals surface area (Å²) in [4.78, 5) is 27.2. The summed E-state index contributed by atoms with van der Waals surface area (Å²) in [5, 5.41) is 7.98. The van der Waals surface area contributed by atoms with Crippen molar-refractivity contribution >= 4 is 38.5 Å². The summed E-state index contributed by atoms with van der Waals surface area (Å²) in [6.07, 6.45) is 5.23. The molecule has 5 rings (SSSR count). The van der Waals surface area contributed by atoms with Gasteiger partial charge in [0, 0.05) is 42.5 Å². The van der Waals surface area contributed by atoms with Gasteiger partial charge in [0.25, 0.3) is 5.56 Å². The van der Waals surface area contributed by atoms with E-state index in [4.69, 9.17) is 14.2 Å². The third kappa shape index (κ3) is 7.70. The Hall–Kier alpha value is -3.40. The van der Waals surface area contributed by atoms with Crippen LogP contribution < -0.4 is 15.6 Å². The zero-order valence-corrected chi connectivity index (χ0v) is 25.2. The minimum absolute atomic E-state index is 0.210. The van der Waals surface area contributed by atoms with Gasteiger partial charge < -0.3 is 19.5 Å². The number of nitrogens with one attached hydrogen (secondary N) is 1. The molecule has 1 atom stereocenters. The number of rotatable bonds is 14. The van der Waals surface area contributed by atoms with Crippen LogP contribution in [-0.4, -0.2) is 55.0 Å². The molecule has 0 radical (unpaired) electrons. The molecule has 4 aromatic rings. The second-order valence-electron chi connectivity index (χ2n) is 10.7. The van der Waals surface area contributed by atoms with E-state index in [1.165, 1.54) is 26.3 Å². The molecule has 224 valence electrons. The summed E-state index contributed by atoms with van der Waals surface area (Å²) in [7, 11) is 0. The Bertz CT molecular complexity index is 1520. The van der Waals surface area contributed by atoms with Crippen molar-refractivity contribution in [1.82, 2.24) is 14.8 Å². The number of hydrogen-bond donors (Lipinski definition) is 1. The summed E-state index contributed by atoms with van der Waals surface area (Å²) < 4.78 is 19.3. The largest absolute Gasteiger partial charge is 0.510 e. The lowest BCUT2D eigenvalue weighted by molar-refractivity contribution is 0.0331. The topological polar surface area (TPSA) is 82.0 Å². The van der Waals surface area contributed by atoms with E-state index in [9.17, 15) is 9.59 Å². The van der Waals surface area contributed by atoms with Crippen LogP contribution in [0.4, 0.5) is 4.79 Å². The minimum atomic E-state index is -0.762. The molecule has 1 N–H and O–H groups in total. The molecule has 1 unspecified atom stereocenters. The molecule has 1 saturated heterocycles. The number of aromatic nitrogens is 1. The summed E-state index contributed by atoms with van der Waals surface area (Å²) in [6, 6.07) is 18.2. The first-order valence-electron chi connectivity index (χ1n) is 15.1. The van der Waals surface area contributed by atoms with Crippen LogP contribution in [0.3, 0.4) is 0 Å². The number of thiophene rings is 1. The maximum atomic E-state index is 12.6. The van der Waals surface area contributed by atoms with Gasteiger partial charge in [-0.25, -0.2) is 4.79 Å². The Kier molecular flexibility index (Phi) is 10.9. The molecular weight excluding hydrogens is 550 g/mol. The number of hydrogen-bond acceptors (Lipinski definition) is 8. The van der Waals surface area contributed by atoms with Crippen LogP contribution in [0.1, 0.15) is 57.1 Å². The maximum absolute atomic E-state index is 12.6. The molecule has 0 amide bonds. The lowest BCUT2D eigenvalue weighted by Crippen LogP contribution is -2.46. The highest BCUT2D eigenvalue weighted by Crippen LogP contribution is 2.32. The quantitative estimate of drug-likeness (QED) is 0.129. The Morgan fingerprint density at radius 1 is 1.00 bits per heavy atom. The van der Waals surface area contributed by atoms with Crippen molar-refractivity contribution in [2.75, 3.05) is 39.4 Å². The van der Waals surface area contributed by atoms with E-state index in [1.807, 2.05) is 18.2 Å². The lowest BCUT2D eigenvalue weighted by atomic mass is 9.99. The van der Waals surface area contributed by atoms with Crippen LogP contribution in [0.2, 0.25) is 0 Å². The summed E-state index contributed by atoms with van der Waals surface area (Å²) >= 11 is 1.80. The number of nitrogens with zero attached hydrogens (tertiary/aromatic N) is 2. The van der Waals surface area contributed by atoms with E-state index in [1.54, 1.807) is 17.4 Å². The number of piperazine rings is 1. The van der Waals surface area contributed by atoms with Gasteiger partial charge in [-0.2, -0.15) is 0 Å². The van der Waals surface area contributed by atoms with Crippen LogP contribution in [-0.2, 0) is 16.2 Å². The Balaban J connectivity index is 1.13. The van der Waals surface area contributed by atoms with Crippen molar-refractivity contribution in [2.45, 2.75) is 58.2 Å². The predicted molar refractivity (Wildman–Crippen MR) is 169 cm³/mol. The molecule has 0 aliphatic carbocycles. The maximum Gasteiger partial charge on any atom is 0.510 e. The van der Waals surface area contributed by atoms with E-state index in [0.717, 1.165) is 70.1 Å². The first kappa shape index (κ1) is 30.1. The Morgan fingerprint density at radius 3 is 2.79 bits per heavy atom. The summed E-state index contributed by atoms with van der Waals surface area (Å²) in [6.45, 7) is 6.84. The highest BCUT2D eigenvalue weighted by atomic mass is 32.1. The molecule has 2 aromatic carbocycles. The fourth-order valence-electron chi connectivity index (χ4n) is 5.57. The number of fused-ring (bicyclic) bond motifs is 2. The van der Waals surface area contributed by atoms with Gasteiger partial charge >= 0.3 is 6.16 Å². The van der Waals surface area contributed by atoms with Gasteiger partial charge in [0.2, 0.25) is 0 Å². The van der Waals surface area contributed by atoms with Gasteiger partial charge in [-0.15, -0.1) is 11.3 Å². The van der Waals surface area contributed by atoms with Crippen LogP contribution >= 0.6 is 11.3 Å². The van der Waals surface area contributed by atoms with Gasteiger partial charge in [-0.05, 0) is 77.9 Å². The van der Waals surface area contributed by atoms with Crippen molar-refractivity contribution in [3.8, 4) is 5.75 Å². The molecule has 2 aromatic heterocycles. The van der Waals surface area contributed by atoms with Crippen molar-refractivity contribution in [1.29, 1.82) is 0 Å². The number of carbonyl (C=O) groups is 1.